The maximum atomic E-state index is 11.0. The number of aromatic nitrogens is 2. The first-order chi connectivity index (χ1) is 7.70. The van der Waals surface area contributed by atoms with Gasteiger partial charge in [-0.1, -0.05) is 12.1 Å². The number of piperidine rings is 1. The highest BCUT2D eigenvalue weighted by Gasteiger charge is 2.25. The first kappa shape index (κ1) is 10.9. The quantitative estimate of drug-likeness (QED) is 0.799. The fourth-order valence-corrected chi connectivity index (χ4v) is 1.87. The maximum absolute atomic E-state index is 11.0. The van der Waals surface area contributed by atoms with Crippen molar-refractivity contribution in [3.8, 4) is 0 Å². The number of carbonyl (C=O) groups excluding carboxylic acids is 1. The molecule has 1 aliphatic heterocycles. The highest BCUT2D eigenvalue weighted by molar-refractivity contribution is 5.76. The fourth-order valence-electron chi connectivity index (χ4n) is 1.87. The summed E-state index contributed by atoms with van der Waals surface area (Å²) in [5.74, 6) is 0.497. The number of rotatable bonds is 3. The summed E-state index contributed by atoms with van der Waals surface area (Å²) in [6.07, 6.45) is 2.29. The first-order valence-electron chi connectivity index (χ1n) is 5.57. The van der Waals surface area contributed by atoms with E-state index in [1.807, 2.05) is 11.8 Å². The zero-order valence-corrected chi connectivity index (χ0v) is 9.35. The van der Waals surface area contributed by atoms with Gasteiger partial charge in [0.15, 0.2) is 5.82 Å². The van der Waals surface area contributed by atoms with E-state index >= 15 is 0 Å². The summed E-state index contributed by atoms with van der Waals surface area (Å²) in [6.45, 7) is 3.48. The van der Waals surface area contributed by atoms with Crippen LogP contribution in [0, 0.1) is 5.92 Å². The van der Waals surface area contributed by atoms with Gasteiger partial charge in [0.05, 0.1) is 0 Å². The molecule has 1 aromatic rings. The van der Waals surface area contributed by atoms with Gasteiger partial charge in [0.1, 0.15) is 0 Å². The molecule has 6 heteroatoms. The molecule has 2 heterocycles. The Labute approximate surface area is 93.8 Å². The lowest BCUT2D eigenvalue weighted by atomic mass is 9.97. The predicted octanol–water partition coefficient (Wildman–Crippen LogP) is 0.334. The van der Waals surface area contributed by atoms with Gasteiger partial charge in [0, 0.05) is 25.4 Å². The molecule has 0 atom stereocenters. The highest BCUT2D eigenvalue weighted by Crippen LogP contribution is 2.21. The number of amides is 1. The van der Waals surface area contributed by atoms with E-state index < -0.39 is 0 Å². The minimum Gasteiger partial charge on any atom is -0.369 e. The molecule has 0 aliphatic carbocycles. The molecule has 0 saturated carbocycles. The second-order valence-electron chi connectivity index (χ2n) is 4.01. The molecule has 1 aliphatic rings. The molecular weight excluding hydrogens is 208 g/mol. The number of primary amides is 1. The Morgan fingerprint density at radius 2 is 2.25 bits per heavy atom. The Morgan fingerprint density at radius 3 is 2.75 bits per heavy atom. The van der Waals surface area contributed by atoms with Gasteiger partial charge in [0.25, 0.3) is 0 Å². The molecule has 0 radical (unpaired) electrons. The molecule has 2 N–H and O–H groups in total. The van der Waals surface area contributed by atoms with Crippen molar-refractivity contribution in [2.24, 2.45) is 11.7 Å². The topological polar surface area (TPSA) is 85.3 Å². The lowest BCUT2D eigenvalue weighted by molar-refractivity contribution is -0.122. The number of nitrogens with zero attached hydrogens (tertiary/aromatic N) is 3. The predicted molar refractivity (Wildman–Crippen MR) is 57.8 cm³/mol. The second kappa shape index (κ2) is 4.51. The van der Waals surface area contributed by atoms with Crippen LogP contribution >= 0.6 is 0 Å². The maximum Gasteiger partial charge on any atom is 0.324 e. The largest absolute Gasteiger partial charge is 0.369 e. The number of nitrogens with two attached hydrogens (primary N) is 1. The molecule has 1 amide bonds. The molecule has 88 valence electrons. The van der Waals surface area contributed by atoms with E-state index in [9.17, 15) is 4.79 Å². The van der Waals surface area contributed by atoms with Crippen LogP contribution in [0.3, 0.4) is 0 Å². The third-order valence-corrected chi connectivity index (χ3v) is 2.94. The van der Waals surface area contributed by atoms with Crippen molar-refractivity contribution in [3.05, 3.63) is 5.82 Å². The SMILES string of the molecule is CCc1noc(N2CCC(C(N)=O)CC2)n1. The van der Waals surface area contributed by atoms with Gasteiger partial charge in [-0.05, 0) is 12.8 Å². The minimum atomic E-state index is -0.209. The molecule has 0 unspecified atom stereocenters. The lowest BCUT2D eigenvalue weighted by Gasteiger charge is -2.28. The number of carbonyl (C=O) groups is 1. The van der Waals surface area contributed by atoms with E-state index in [4.69, 9.17) is 10.3 Å². The van der Waals surface area contributed by atoms with Crippen molar-refractivity contribution >= 4 is 11.9 Å². The molecule has 2 rings (SSSR count). The third-order valence-electron chi connectivity index (χ3n) is 2.94. The number of hydrogen-bond acceptors (Lipinski definition) is 5. The zero-order chi connectivity index (χ0) is 11.5. The van der Waals surface area contributed by atoms with E-state index in [1.54, 1.807) is 0 Å². The van der Waals surface area contributed by atoms with Crippen LogP contribution < -0.4 is 10.6 Å². The summed E-state index contributed by atoms with van der Waals surface area (Å²) in [5.41, 5.74) is 5.27. The van der Waals surface area contributed by atoms with Crippen LogP contribution in [0.2, 0.25) is 0 Å². The van der Waals surface area contributed by atoms with Crippen LogP contribution in [0.5, 0.6) is 0 Å². The minimum absolute atomic E-state index is 0.00943. The third kappa shape index (κ3) is 2.15. The molecule has 16 heavy (non-hydrogen) atoms. The summed E-state index contributed by atoms with van der Waals surface area (Å²) in [6, 6.07) is 0.555. The van der Waals surface area contributed by atoms with E-state index in [0.717, 1.165) is 32.4 Å². The summed E-state index contributed by atoms with van der Waals surface area (Å²) in [7, 11) is 0. The Balaban J connectivity index is 1.96. The zero-order valence-electron chi connectivity index (χ0n) is 9.35. The summed E-state index contributed by atoms with van der Waals surface area (Å²) in [5, 5.41) is 3.84. The summed E-state index contributed by atoms with van der Waals surface area (Å²) in [4.78, 5) is 17.3. The second-order valence-corrected chi connectivity index (χ2v) is 4.01. The van der Waals surface area contributed by atoms with Crippen LogP contribution in [0.1, 0.15) is 25.6 Å². The summed E-state index contributed by atoms with van der Waals surface area (Å²) < 4.78 is 5.14. The van der Waals surface area contributed by atoms with E-state index in [2.05, 4.69) is 10.1 Å². The molecule has 0 bridgehead atoms. The van der Waals surface area contributed by atoms with Crippen LogP contribution in [-0.2, 0) is 11.2 Å². The van der Waals surface area contributed by atoms with Crippen LogP contribution in [-0.4, -0.2) is 29.1 Å². The Kier molecular flexibility index (Phi) is 3.07. The Hall–Kier alpha value is -1.59. The smallest absolute Gasteiger partial charge is 0.324 e. The van der Waals surface area contributed by atoms with Gasteiger partial charge in [-0.15, -0.1) is 0 Å². The van der Waals surface area contributed by atoms with E-state index in [1.165, 1.54) is 0 Å². The molecule has 0 spiro atoms. The molecule has 1 aromatic heterocycles. The number of anilines is 1. The van der Waals surface area contributed by atoms with Gasteiger partial charge in [-0.2, -0.15) is 4.98 Å². The summed E-state index contributed by atoms with van der Waals surface area (Å²) >= 11 is 0. The monoisotopic (exact) mass is 224 g/mol. The molecule has 0 aromatic carbocycles. The van der Waals surface area contributed by atoms with Crippen LogP contribution in [0.25, 0.3) is 0 Å². The van der Waals surface area contributed by atoms with Crippen LogP contribution in [0.15, 0.2) is 4.52 Å². The molecule has 1 saturated heterocycles. The standard InChI is InChI=1S/C10H16N4O2/c1-2-8-12-10(16-13-8)14-5-3-7(4-6-14)9(11)15/h7H,2-6H2,1H3,(H2,11,15). The van der Waals surface area contributed by atoms with Gasteiger partial charge in [-0.25, -0.2) is 0 Å². The van der Waals surface area contributed by atoms with Crippen molar-refractivity contribution in [3.63, 3.8) is 0 Å². The molecular formula is C10H16N4O2. The highest BCUT2D eigenvalue weighted by atomic mass is 16.5. The number of aryl methyl sites for hydroxylation is 1. The van der Waals surface area contributed by atoms with Crippen LogP contribution in [0.4, 0.5) is 6.01 Å². The average Bonchev–Trinajstić information content (AvgIpc) is 2.77. The number of hydrogen-bond donors (Lipinski definition) is 1. The average molecular weight is 224 g/mol. The molecule has 1 fully saturated rings. The van der Waals surface area contributed by atoms with Gasteiger partial charge in [0.2, 0.25) is 5.91 Å². The van der Waals surface area contributed by atoms with Gasteiger partial charge < -0.3 is 15.2 Å². The van der Waals surface area contributed by atoms with Crippen molar-refractivity contribution < 1.29 is 9.32 Å². The van der Waals surface area contributed by atoms with Gasteiger partial charge >= 0.3 is 6.01 Å². The van der Waals surface area contributed by atoms with E-state index in [-0.39, 0.29) is 11.8 Å². The lowest BCUT2D eigenvalue weighted by Crippen LogP contribution is -2.38. The van der Waals surface area contributed by atoms with Crippen molar-refractivity contribution in [1.29, 1.82) is 0 Å². The molecule has 6 nitrogen and oxygen atoms in total. The van der Waals surface area contributed by atoms with Gasteiger partial charge in [-0.3, -0.25) is 4.79 Å². The fraction of sp³-hybridized carbons (Fsp3) is 0.700. The van der Waals surface area contributed by atoms with Crippen molar-refractivity contribution in [2.45, 2.75) is 26.2 Å². The van der Waals surface area contributed by atoms with Crippen molar-refractivity contribution in [1.82, 2.24) is 10.1 Å². The van der Waals surface area contributed by atoms with E-state index in [0.29, 0.717) is 11.8 Å². The van der Waals surface area contributed by atoms with Crippen molar-refractivity contribution in [2.75, 3.05) is 18.0 Å². The Morgan fingerprint density at radius 1 is 1.56 bits per heavy atom. The first-order valence-corrected chi connectivity index (χ1v) is 5.57. The Bertz CT molecular complexity index is 369. The normalized spacial score (nSPS) is 17.7.